The largest absolute Gasteiger partial charge is 2.00 e. The van der Waals surface area contributed by atoms with Gasteiger partial charge < -0.3 is 15.7 Å². The van der Waals surface area contributed by atoms with Crippen molar-refractivity contribution in [3.8, 4) is 5.75 Å². The van der Waals surface area contributed by atoms with E-state index >= 15 is 0 Å². The van der Waals surface area contributed by atoms with E-state index < -0.39 is 11.7 Å². The van der Waals surface area contributed by atoms with Crippen molar-refractivity contribution in [3.05, 3.63) is 29.8 Å². The predicted molar refractivity (Wildman–Crippen MR) is 45.0 cm³/mol. The Morgan fingerprint density at radius 1 is 1.23 bits per heavy atom. The van der Waals surface area contributed by atoms with Crippen LogP contribution in [0.4, 0.5) is 0 Å². The molecule has 6 heteroatoms. The van der Waals surface area contributed by atoms with E-state index in [1.165, 1.54) is 24.3 Å². The first-order valence-corrected chi connectivity index (χ1v) is 2.71. The Morgan fingerprint density at radius 2 is 1.69 bits per heavy atom. The third-order valence-electron chi connectivity index (χ3n) is 1.12. The minimum Gasteiger partial charge on any atom is -2.00 e. The van der Waals surface area contributed by atoms with E-state index in [1.807, 2.05) is 0 Å². The number of benzene rings is 1. The number of para-hydroxylation sites is 1. The topological polar surface area (TPSA) is 88.9 Å². The Labute approximate surface area is 135 Å². The van der Waals surface area contributed by atoms with Crippen molar-refractivity contribution in [3.63, 3.8) is 0 Å². The summed E-state index contributed by atoms with van der Waals surface area (Å²) in [5.74, 6) is -1.62. The van der Waals surface area contributed by atoms with Crippen molar-refractivity contribution < 1.29 is 20.5 Å². The summed E-state index contributed by atoms with van der Waals surface area (Å²) < 4.78 is 0. The van der Waals surface area contributed by atoms with Crippen LogP contribution >= 0.6 is 0 Å². The molecule has 0 amide bonds. The second kappa shape index (κ2) is 9.52. The van der Waals surface area contributed by atoms with Crippen molar-refractivity contribution >= 4 is 81.4 Å². The van der Waals surface area contributed by atoms with Gasteiger partial charge in [0.25, 0.3) is 0 Å². The van der Waals surface area contributed by atoms with Gasteiger partial charge in [-0.2, -0.15) is 0 Å². The average molecular weight is 233 g/mol. The Kier molecular flexibility index (Phi) is 14.3. The molecule has 0 bridgehead atoms. The zero-order chi connectivity index (χ0) is 7.56. The molecule has 13 heavy (non-hydrogen) atoms. The molecule has 0 unspecified atom stereocenters. The Bertz CT molecular complexity index is 264. The Morgan fingerprint density at radius 3 is 2.00 bits per heavy atom. The van der Waals surface area contributed by atoms with Gasteiger partial charge in [0.15, 0.2) is 0 Å². The van der Waals surface area contributed by atoms with Crippen molar-refractivity contribution in [1.29, 1.82) is 0 Å². The van der Waals surface area contributed by atoms with E-state index in [4.69, 9.17) is 5.11 Å². The monoisotopic (exact) mass is 233 g/mol. The minimum absolute atomic E-state index is 0. The summed E-state index contributed by atoms with van der Waals surface area (Å²) in [4.78, 5) is 10.2. The van der Waals surface area contributed by atoms with Gasteiger partial charge in [0, 0.05) is 0 Å². The molecule has 0 fully saturated rings. The average Bonchev–Trinajstić information content (AvgIpc) is 1.88. The predicted octanol–water partition coefficient (Wildman–Crippen LogP) is -0.422. The normalized spacial score (nSPS) is 7.08. The van der Waals surface area contributed by atoms with Crippen molar-refractivity contribution in [1.82, 2.24) is 0 Å². The summed E-state index contributed by atoms with van der Waals surface area (Å²) in [7, 11) is 0. The summed E-state index contributed by atoms with van der Waals surface area (Å²) in [6.45, 7) is 0. The molecule has 0 saturated heterocycles. The van der Waals surface area contributed by atoms with E-state index in [0.29, 0.717) is 0 Å². The molecular weight excluding hydrogens is 228 g/mol. The molecule has 0 heterocycles. The van der Waals surface area contributed by atoms with Crippen LogP contribution in [0.2, 0.25) is 0 Å². The molecule has 1 aromatic rings. The quantitative estimate of drug-likeness (QED) is 0.668. The van der Waals surface area contributed by atoms with Crippen LogP contribution in [0.1, 0.15) is 10.4 Å². The van der Waals surface area contributed by atoms with E-state index in [-0.39, 0.29) is 86.5 Å². The molecule has 0 radical (unpaired) electrons. The fraction of sp³-hybridized carbons (Fsp3) is 0. The van der Waals surface area contributed by atoms with Gasteiger partial charge in [-0.25, -0.2) is 4.79 Å². The number of carbonyl (C=O) groups is 1. The molecule has 1 aromatic carbocycles. The van der Waals surface area contributed by atoms with Crippen LogP contribution in [-0.2, 0) is 5.48 Å². The molecule has 0 atom stereocenters. The molecule has 0 aliphatic heterocycles. The molecule has 0 aromatic heterocycles. The molecule has 60 valence electrons. The first kappa shape index (κ1) is 19.5. The molecule has 4 nitrogen and oxygen atoms in total. The summed E-state index contributed by atoms with van der Waals surface area (Å²) in [6, 6.07) is 5.54. The van der Waals surface area contributed by atoms with Crippen LogP contribution in [0.25, 0.3) is 0 Å². The maximum Gasteiger partial charge on any atom is 2.00 e. The third kappa shape index (κ3) is 6.12. The summed E-state index contributed by atoms with van der Waals surface area (Å²) >= 11 is 0. The van der Waals surface area contributed by atoms with Crippen LogP contribution in [-0.4, -0.2) is 86.6 Å². The zero-order valence-electron chi connectivity index (χ0n) is 6.90. The van der Waals surface area contributed by atoms with E-state index in [1.54, 1.807) is 0 Å². The zero-order valence-corrected chi connectivity index (χ0v) is 11.3. The first-order valence-electron chi connectivity index (χ1n) is 2.71. The van der Waals surface area contributed by atoms with E-state index in [9.17, 15) is 9.90 Å². The van der Waals surface area contributed by atoms with Gasteiger partial charge in [-0.3, -0.25) is 0 Å². The molecule has 0 saturated carbocycles. The smallest absolute Gasteiger partial charge is 2.00 e. The fourth-order valence-electron chi connectivity index (χ4n) is 0.643. The number of hydrogen-bond donors (Lipinski definition) is 1. The fourth-order valence-corrected chi connectivity index (χ4v) is 0.643. The number of rotatable bonds is 1. The van der Waals surface area contributed by atoms with Gasteiger partial charge in [-0.15, -0.1) is 0 Å². The van der Waals surface area contributed by atoms with E-state index in [0.717, 1.165) is 0 Å². The van der Waals surface area contributed by atoms with Gasteiger partial charge in [0.2, 0.25) is 0 Å². The van der Waals surface area contributed by atoms with Gasteiger partial charge in [-0.1, -0.05) is 23.9 Å². The minimum atomic E-state index is -1.18. The maximum absolute atomic E-state index is 10.7. The Hall–Kier alpha value is 0.969. The number of carboxylic acids is 1. The molecule has 0 aliphatic carbocycles. The van der Waals surface area contributed by atoms with E-state index in [2.05, 4.69) is 0 Å². The molecule has 0 spiro atoms. The van der Waals surface area contributed by atoms with Crippen LogP contribution in [0.5, 0.6) is 5.75 Å². The maximum atomic E-state index is 10.7. The summed E-state index contributed by atoms with van der Waals surface area (Å²) in [6.07, 6.45) is 0. The molecular formula is C7H5Ca2O4+. The van der Waals surface area contributed by atoms with Gasteiger partial charge in [0.05, 0.1) is 5.56 Å². The number of carboxylic acid groups (broad SMARTS) is 1. The second-order valence-electron chi connectivity index (χ2n) is 1.80. The van der Waals surface area contributed by atoms with Crippen LogP contribution in [0, 0.1) is 0 Å². The van der Waals surface area contributed by atoms with Gasteiger partial charge >= 0.3 is 81.4 Å². The van der Waals surface area contributed by atoms with Crippen LogP contribution in [0.15, 0.2) is 24.3 Å². The SMILES string of the molecule is O=C(O)c1ccccc1[O-].[Ca+2].[Ca+2].[O-2]. The van der Waals surface area contributed by atoms with Crippen LogP contribution < -0.4 is 5.11 Å². The molecule has 1 rings (SSSR count). The van der Waals surface area contributed by atoms with Crippen molar-refractivity contribution in [2.45, 2.75) is 0 Å². The van der Waals surface area contributed by atoms with Crippen LogP contribution in [0.3, 0.4) is 0 Å². The second-order valence-corrected chi connectivity index (χ2v) is 1.80. The number of aromatic carboxylic acids is 1. The molecule has 0 aliphatic rings. The third-order valence-corrected chi connectivity index (χ3v) is 1.12. The first-order chi connectivity index (χ1) is 4.72. The number of hydrogen-bond acceptors (Lipinski definition) is 2. The summed E-state index contributed by atoms with van der Waals surface area (Å²) in [5.41, 5.74) is -0.178. The standard InChI is InChI=1S/C7H6O3.2Ca.O/c8-6-4-2-1-3-5(6)7(9)10;;;/h1-4,8H,(H,9,10);;;/q;2*+2;-2/p-1. The van der Waals surface area contributed by atoms with Gasteiger partial charge in [-0.05, 0) is 6.07 Å². The van der Waals surface area contributed by atoms with Crippen molar-refractivity contribution in [2.75, 3.05) is 0 Å². The van der Waals surface area contributed by atoms with Crippen molar-refractivity contribution in [2.24, 2.45) is 0 Å². The molecule has 1 N–H and O–H groups in total. The van der Waals surface area contributed by atoms with Gasteiger partial charge in [0.1, 0.15) is 0 Å². The summed E-state index contributed by atoms with van der Waals surface area (Å²) in [5, 5.41) is 19.0. The Balaban J connectivity index is -0.000000333.